The molecule has 3 amide bonds. The molecule has 1 aliphatic carbocycles. The Labute approximate surface area is 172 Å². The molecule has 1 heterocycles. The highest BCUT2D eigenvalue weighted by Gasteiger charge is 2.30. The summed E-state index contributed by atoms with van der Waals surface area (Å²) in [5.74, 6) is 0.263. The molecule has 2 fully saturated rings. The van der Waals surface area contributed by atoms with Crippen LogP contribution in [0.25, 0.3) is 0 Å². The van der Waals surface area contributed by atoms with E-state index in [-0.39, 0.29) is 23.9 Å². The van der Waals surface area contributed by atoms with Gasteiger partial charge in [-0.15, -0.1) is 0 Å². The second-order valence-electron chi connectivity index (χ2n) is 8.09. The first-order valence-corrected chi connectivity index (χ1v) is 10.7. The molecule has 2 aromatic rings. The molecule has 1 saturated carbocycles. The van der Waals surface area contributed by atoms with E-state index in [1.807, 2.05) is 52.3 Å². The molecule has 4 rings (SSSR count). The molecule has 5 nitrogen and oxygen atoms in total. The number of nitrogens with zero attached hydrogens (tertiary/aromatic N) is 2. The van der Waals surface area contributed by atoms with Gasteiger partial charge in [0, 0.05) is 30.4 Å². The zero-order valence-corrected chi connectivity index (χ0v) is 17.0. The van der Waals surface area contributed by atoms with Gasteiger partial charge in [-0.25, -0.2) is 4.79 Å². The number of rotatable bonds is 5. The Kier molecular flexibility index (Phi) is 5.84. The molecule has 2 aliphatic rings. The third kappa shape index (κ3) is 4.29. The fraction of sp³-hybridized carbons (Fsp3) is 0.417. The summed E-state index contributed by atoms with van der Waals surface area (Å²) in [7, 11) is 0. The summed E-state index contributed by atoms with van der Waals surface area (Å²) in [5.41, 5.74) is 2.82. The van der Waals surface area contributed by atoms with E-state index in [2.05, 4.69) is 24.4 Å². The molecule has 1 atom stereocenters. The first-order chi connectivity index (χ1) is 14.1. The molecule has 1 N–H and O–H groups in total. The molecule has 1 saturated heterocycles. The number of hydrogen-bond donors (Lipinski definition) is 1. The molecular formula is C24H29N3O2. The minimum atomic E-state index is 0.0374. The van der Waals surface area contributed by atoms with Crippen LogP contribution in [0, 0.1) is 5.92 Å². The molecule has 0 bridgehead atoms. The van der Waals surface area contributed by atoms with Gasteiger partial charge in [0.2, 0.25) is 5.91 Å². The van der Waals surface area contributed by atoms with Gasteiger partial charge in [0.1, 0.15) is 0 Å². The number of urea groups is 1. The van der Waals surface area contributed by atoms with Crippen LogP contribution in [0.1, 0.15) is 50.6 Å². The molecule has 2 aromatic carbocycles. The van der Waals surface area contributed by atoms with E-state index in [1.54, 1.807) is 0 Å². The highest BCUT2D eigenvalue weighted by molar-refractivity contribution is 5.95. The maximum absolute atomic E-state index is 13.2. The SMILES string of the molecule is CC(c1ccccc1)N1CCCN(c2ccc(NC(=O)C3CCCC3)cc2)C1=O. The maximum Gasteiger partial charge on any atom is 0.324 e. The van der Waals surface area contributed by atoms with E-state index >= 15 is 0 Å². The molecule has 0 aromatic heterocycles. The summed E-state index contributed by atoms with van der Waals surface area (Å²) >= 11 is 0. The van der Waals surface area contributed by atoms with Crippen LogP contribution in [0.5, 0.6) is 0 Å². The molecular weight excluding hydrogens is 362 g/mol. The fourth-order valence-corrected chi connectivity index (χ4v) is 4.41. The minimum Gasteiger partial charge on any atom is -0.326 e. The highest BCUT2D eigenvalue weighted by Crippen LogP contribution is 2.29. The van der Waals surface area contributed by atoms with Crippen LogP contribution in [-0.4, -0.2) is 29.9 Å². The molecule has 1 aliphatic heterocycles. The van der Waals surface area contributed by atoms with E-state index < -0.39 is 0 Å². The quantitative estimate of drug-likeness (QED) is 0.761. The second-order valence-corrected chi connectivity index (χ2v) is 8.09. The molecule has 5 heteroatoms. The monoisotopic (exact) mass is 391 g/mol. The van der Waals surface area contributed by atoms with E-state index in [1.165, 1.54) is 0 Å². The Morgan fingerprint density at radius 1 is 0.966 bits per heavy atom. The molecule has 152 valence electrons. The Hall–Kier alpha value is -2.82. The van der Waals surface area contributed by atoms with Gasteiger partial charge in [0.05, 0.1) is 6.04 Å². The van der Waals surface area contributed by atoms with E-state index in [0.29, 0.717) is 6.54 Å². The zero-order chi connectivity index (χ0) is 20.2. The summed E-state index contributed by atoms with van der Waals surface area (Å²) < 4.78 is 0. The second kappa shape index (κ2) is 8.68. The number of benzene rings is 2. The standard InChI is InChI=1S/C24H29N3O2/c1-18(19-8-3-2-4-9-19)26-16-7-17-27(24(26)29)22-14-12-21(13-15-22)25-23(28)20-10-5-6-11-20/h2-4,8-9,12-15,18,20H,5-7,10-11,16-17H2,1H3,(H,25,28). The van der Waals surface area contributed by atoms with Gasteiger partial charge in [0.15, 0.2) is 0 Å². The van der Waals surface area contributed by atoms with Crippen molar-refractivity contribution in [1.82, 2.24) is 4.90 Å². The Bertz CT molecular complexity index is 844. The van der Waals surface area contributed by atoms with Gasteiger partial charge in [-0.2, -0.15) is 0 Å². The number of carbonyl (C=O) groups excluding carboxylic acids is 2. The van der Waals surface area contributed by atoms with Crippen molar-refractivity contribution in [3.63, 3.8) is 0 Å². The number of amides is 3. The average Bonchev–Trinajstić information content (AvgIpc) is 3.30. The van der Waals surface area contributed by atoms with Crippen LogP contribution >= 0.6 is 0 Å². The van der Waals surface area contributed by atoms with Crippen molar-refractivity contribution in [2.45, 2.75) is 45.1 Å². The largest absolute Gasteiger partial charge is 0.326 e. The predicted octanol–water partition coefficient (Wildman–Crippen LogP) is 5.21. The van der Waals surface area contributed by atoms with Crippen molar-refractivity contribution in [2.24, 2.45) is 5.92 Å². The van der Waals surface area contributed by atoms with E-state index in [0.717, 1.165) is 55.6 Å². The fourth-order valence-electron chi connectivity index (χ4n) is 4.41. The smallest absolute Gasteiger partial charge is 0.324 e. The lowest BCUT2D eigenvalue weighted by atomic mass is 10.1. The highest BCUT2D eigenvalue weighted by atomic mass is 16.2. The number of anilines is 2. The van der Waals surface area contributed by atoms with E-state index in [4.69, 9.17) is 0 Å². The van der Waals surface area contributed by atoms with Crippen molar-refractivity contribution in [2.75, 3.05) is 23.3 Å². The van der Waals surface area contributed by atoms with Gasteiger partial charge in [-0.3, -0.25) is 9.69 Å². The number of nitrogens with one attached hydrogen (secondary N) is 1. The zero-order valence-electron chi connectivity index (χ0n) is 17.0. The Morgan fingerprint density at radius 2 is 1.66 bits per heavy atom. The van der Waals surface area contributed by atoms with Gasteiger partial charge in [-0.1, -0.05) is 43.2 Å². The molecule has 0 spiro atoms. The van der Waals surface area contributed by atoms with Gasteiger partial charge < -0.3 is 10.2 Å². The minimum absolute atomic E-state index is 0.0374. The topological polar surface area (TPSA) is 52.6 Å². The summed E-state index contributed by atoms with van der Waals surface area (Å²) in [6.07, 6.45) is 5.20. The van der Waals surface area contributed by atoms with Gasteiger partial charge in [-0.05, 0) is 56.0 Å². The lowest BCUT2D eigenvalue weighted by Crippen LogP contribution is -2.50. The third-order valence-corrected chi connectivity index (χ3v) is 6.18. The first-order valence-electron chi connectivity index (χ1n) is 10.7. The van der Waals surface area contributed by atoms with Crippen molar-refractivity contribution < 1.29 is 9.59 Å². The van der Waals surface area contributed by atoms with Crippen LogP contribution in [0.2, 0.25) is 0 Å². The number of carbonyl (C=O) groups is 2. The summed E-state index contributed by atoms with van der Waals surface area (Å²) in [6, 6.07) is 17.9. The normalized spacial score (nSPS) is 18.7. The Balaban J connectivity index is 1.43. The van der Waals surface area contributed by atoms with Crippen LogP contribution in [0.15, 0.2) is 54.6 Å². The van der Waals surface area contributed by atoms with Crippen LogP contribution in [0.4, 0.5) is 16.2 Å². The number of hydrogen-bond acceptors (Lipinski definition) is 2. The van der Waals surface area contributed by atoms with Crippen molar-refractivity contribution >= 4 is 23.3 Å². The van der Waals surface area contributed by atoms with Crippen LogP contribution in [-0.2, 0) is 4.79 Å². The molecule has 1 unspecified atom stereocenters. The lowest BCUT2D eigenvalue weighted by molar-refractivity contribution is -0.119. The first kappa shape index (κ1) is 19.5. The Morgan fingerprint density at radius 3 is 2.34 bits per heavy atom. The maximum atomic E-state index is 13.2. The molecule has 0 radical (unpaired) electrons. The van der Waals surface area contributed by atoms with Gasteiger partial charge in [0.25, 0.3) is 0 Å². The predicted molar refractivity (Wildman–Crippen MR) is 116 cm³/mol. The van der Waals surface area contributed by atoms with Crippen molar-refractivity contribution in [3.05, 3.63) is 60.2 Å². The van der Waals surface area contributed by atoms with Crippen LogP contribution in [0.3, 0.4) is 0 Å². The summed E-state index contributed by atoms with van der Waals surface area (Å²) in [4.78, 5) is 29.3. The molecule has 29 heavy (non-hydrogen) atoms. The van der Waals surface area contributed by atoms with Gasteiger partial charge >= 0.3 is 6.03 Å². The summed E-state index contributed by atoms with van der Waals surface area (Å²) in [6.45, 7) is 3.56. The van der Waals surface area contributed by atoms with Crippen LogP contribution < -0.4 is 10.2 Å². The third-order valence-electron chi connectivity index (χ3n) is 6.18. The van der Waals surface area contributed by atoms with Crippen molar-refractivity contribution in [1.29, 1.82) is 0 Å². The lowest BCUT2D eigenvalue weighted by Gasteiger charge is -2.39. The van der Waals surface area contributed by atoms with E-state index in [9.17, 15) is 9.59 Å². The van der Waals surface area contributed by atoms with Crippen molar-refractivity contribution in [3.8, 4) is 0 Å². The average molecular weight is 392 g/mol. The summed E-state index contributed by atoms with van der Waals surface area (Å²) in [5, 5.41) is 3.02.